The maximum atomic E-state index is 12.0. The molecule has 0 fully saturated rings. The van der Waals surface area contributed by atoms with Crippen LogP contribution < -0.4 is 4.80 Å². The summed E-state index contributed by atoms with van der Waals surface area (Å²) in [5.74, 6) is 1.02. The second-order valence-corrected chi connectivity index (χ2v) is 7.10. The van der Waals surface area contributed by atoms with E-state index >= 15 is 0 Å². The Morgan fingerprint density at radius 2 is 2.24 bits per heavy atom. The van der Waals surface area contributed by atoms with Crippen LogP contribution >= 0.6 is 23.1 Å². The predicted octanol–water partition coefficient (Wildman–Crippen LogP) is 3.99. The fraction of sp³-hybridized carbons (Fsp3) is 0.500. The molecule has 1 amide bonds. The van der Waals surface area contributed by atoms with Crippen molar-refractivity contribution < 1.29 is 4.79 Å². The van der Waals surface area contributed by atoms with Crippen molar-refractivity contribution in [1.82, 2.24) is 4.57 Å². The molecule has 0 aliphatic heterocycles. The van der Waals surface area contributed by atoms with Gasteiger partial charge in [-0.15, -0.1) is 0 Å². The van der Waals surface area contributed by atoms with Crippen LogP contribution in [0, 0.1) is 6.92 Å². The minimum absolute atomic E-state index is 0.00182. The van der Waals surface area contributed by atoms with E-state index in [-0.39, 0.29) is 5.91 Å². The maximum Gasteiger partial charge on any atom is 0.248 e. The van der Waals surface area contributed by atoms with Crippen molar-refractivity contribution in [3.8, 4) is 0 Å². The van der Waals surface area contributed by atoms with Gasteiger partial charge in [0.1, 0.15) is 0 Å². The van der Waals surface area contributed by atoms with Crippen molar-refractivity contribution in [2.75, 3.05) is 12.0 Å². The number of carbonyl (C=O) groups excluding carboxylic acids is 1. The average Bonchev–Trinajstić information content (AvgIpc) is 2.79. The number of thioether (sulfide) groups is 1. The molecule has 0 unspecified atom stereocenters. The number of aryl methyl sites for hydroxylation is 2. The molecular formula is C16H22N2OS2. The first-order valence-corrected chi connectivity index (χ1v) is 9.53. The Bertz CT molecular complexity index is 685. The molecule has 0 spiro atoms. The highest BCUT2D eigenvalue weighted by atomic mass is 32.2. The van der Waals surface area contributed by atoms with Gasteiger partial charge in [-0.05, 0) is 37.3 Å². The quantitative estimate of drug-likeness (QED) is 0.806. The molecule has 114 valence electrons. The van der Waals surface area contributed by atoms with Gasteiger partial charge >= 0.3 is 0 Å². The highest BCUT2D eigenvalue weighted by Crippen LogP contribution is 2.19. The fourth-order valence-corrected chi connectivity index (χ4v) is 3.69. The van der Waals surface area contributed by atoms with Crippen molar-refractivity contribution in [2.45, 2.75) is 39.7 Å². The normalized spacial score (nSPS) is 12.2. The van der Waals surface area contributed by atoms with Crippen molar-refractivity contribution in [3.05, 3.63) is 28.6 Å². The SMILES string of the molecule is CCCCC(=O)N=c1sc2cc(C)ccc2n1CCSC. The number of unbranched alkanes of at least 4 members (excludes halogenated alkanes) is 1. The zero-order valence-electron chi connectivity index (χ0n) is 12.9. The van der Waals surface area contributed by atoms with E-state index in [2.05, 4.69) is 47.9 Å². The number of aromatic nitrogens is 1. The van der Waals surface area contributed by atoms with Crippen LogP contribution in [0.4, 0.5) is 0 Å². The lowest BCUT2D eigenvalue weighted by molar-refractivity contribution is -0.118. The highest BCUT2D eigenvalue weighted by Gasteiger charge is 2.08. The third-order valence-electron chi connectivity index (χ3n) is 3.32. The molecule has 0 atom stereocenters. The Hall–Kier alpha value is -1.07. The van der Waals surface area contributed by atoms with E-state index in [4.69, 9.17) is 0 Å². The van der Waals surface area contributed by atoms with Gasteiger partial charge in [0.25, 0.3) is 0 Å². The van der Waals surface area contributed by atoms with Gasteiger partial charge in [0.2, 0.25) is 5.91 Å². The molecule has 0 N–H and O–H groups in total. The first-order valence-electron chi connectivity index (χ1n) is 7.32. The van der Waals surface area contributed by atoms with E-state index in [0.717, 1.165) is 29.9 Å². The Morgan fingerprint density at radius 3 is 2.95 bits per heavy atom. The summed E-state index contributed by atoms with van der Waals surface area (Å²) in [5, 5.41) is 0. The standard InChI is InChI=1S/C16H22N2OS2/c1-4-5-6-15(19)17-16-18(9-10-20-3)13-8-7-12(2)11-14(13)21-16/h7-8,11H,4-6,9-10H2,1-3H3. The Kier molecular flexibility index (Phi) is 6.06. The molecule has 0 aliphatic rings. The zero-order valence-corrected chi connectivity index (χ0v) is 14.5. The van der Waals surface area contributed by atoms with E-state index in [1.165, 1.54) is 15.8 Å². The summed E-state index contributed by atoms with van der Waals surface area (Å²) >= 11 is 3.43. The number of benzene rings is 1. The molecule has 21 heavy (non-hydrogen) atoms. The van der Waals surface area contributed by atoms with Gasteiger partial charge < -0.3 is 4.57 Å². The van der Waals surface area contributed by atoms with Crippen molar-refractivity contribution in [3.63, 3.8) is 0 Å². The number of carbonyl (C=O) groups is 1. The summed E-state index contributed by atoms with van der Waals surface area (Å²) in [6.07, 6.45) is 4.59. The van der Waals surface area contributed by atoms with E-state index in [9.17, 15) is 4.79 Å². The number of hydrogen-bond donors (Lipinski definition) is 0. The smallest absolute Gasteiger partial charge is 0.248 e. The molecule has 5 heteroatoms. The van der Waals surface area contributed by atoms with Crippen LogP contribution in [0.2, 0.25) is 0 Å². The van der Waals surface area contributed by atoms with Gasteiger partial charge in [-0.25, -0.2) is 0 Å². The summed E-state index contributed by atoms with van der Waals surface area (Å²) in [4.78, 5) is 17.2. The molecule has 0 saturated carbocycles. The second-order valence-electron chi connectivity index (χ2n) is 5.11. The van der Waals surface area contributed by atoms with Gasteiger partial charge in [0.05, 0.1) is 10.2 Å². The summed E-state index contributed by atoms with van der Waals surface area (Å²) in [7, 11) is 0. The lowest BCUT2D eigenvalue weighted by atomic mass is 10.2. The first-order chi connectivity index (χ1) is 10.2. The second kappa shape index (κ2) is 7.80. The molecule has 2 aromatic rings. The van der Waals surface area contributed by atoms with Crippen LogP contribution in [0.3, 0.4) is 0 Å². The average molecular weight is 322 g/mol. The molecule has 0 bridgehead atoms. The molecule has 1 aromatic carbocycles. The van der Waals surface area contributed by atoms with Crippen LogP contribution in [-0.4, -0.2) is 22.5 Å². The van der Waals surface area contributed by atoms with E-state index < -0.39 is 0 Å². The Morgan fingerprint density at radius 1 is 1.43 bits per heavy atom. The van der Waals surface area contributed by atoms with Crippen molar-refractivity contribution in [1.29, 1.82) is 0 Å². The molecule has 0 saturated heterocycles. The number of nitrogens with zero attached hydrogens (tertiary/aromatic N) is 2. The summed E-state index contributed by atoms with van der Waals surface area (Å²) in [6.45, 7) is 5.08. The van der Waals surface area contributed by atoms with Gasteiger partial charge in [-0.1, -0.05) is 30.7 Å². The Balaban J connectivity index is 2.45. The van der Waals surface area contributed by atoms with Gasteiger partial charge in [-0.2, -0.15) is 16.8 Å². The number of fused-ring (bicyclic) bond motifs is 1. The minimum Gasteiger partial charge on any atom is -0.316 e. The molecule has 1 heterocycles. The largest absolute Gasteiger partial charge is 0.316 e. The topological polar surface area (TPSA) is 34.4 Å². The molecule has 1 aromatic heterocycles. The zero-order chi connectivity index (χ0) is 15.2. The number of thiazole rings is 1. The van der Waals surface area contributed by atoms with Gasteiger partial charge in [0.15, 0.2) is 4.80 Å². The number of hydrogen-bond acceptors (Lipinski definition) is 3. The lowest BCUT2D eigenvalue weighted by Crippen LogP contribution is -2.18. The molecule has 0 aliphatic carbocycles. The third kappa shape index (κ3) is 4.20. The van der Waals surface area contributed by atoms with E-state index in [0.29, 0.717) is 6.42 Å². The van der Waals surface area contributed by atoms with Crippen molar-refractivity contribution >= 4 is 39.2 Å². The van der Waals surface area contributed by atoms with Crippen LogP contribution in [0.25, 0.3) is 10.2 Å². The third-order valence-corrected chi connectivity index (χ3v) is 4.95. The number of amides is 1. The molecule has 2 rings (SSSR count). The van der Waals surface area contributed by atoms with Gasteiger partial charge in [0, 0.05) is 18.7 Å². The number of rotatable bonds is 6. The summed E-state index contributed by atoms with van der Waals surface area (Å²) in [6, 6.07) is 6.43. The van der Waals surface area contributed by atoms with Crippen LogP contribution in [-0.2, 0) is 11.3 Å². The molecule has 0 radical (unpaired) electrons. The highest BCUT2D eigenvalue weighted by molar-refractivity contribution is 7.98. The maximum absolute atomic E-state index is 12.0. The van der Waals surface area contributed by atoms with Crippen LogP contribution in [0.15, 0.2) is 23.2 Å². The van der Waals surface area contributed by atoms with E-state index in [1.807, 2.05) is 11.8 Å². The molecule has 3 nitrogen and oxygen atoms in total. The minimum atomic E-state index is -0.00182. The van der Waals surface area contributed by atoms with Crippen molar-refractivity contribution in [2.24, 2.45) is 4.99 Å². The van der Waals surface area contributed by atoms with Crippen LogP contribution in [0.5, 0.6) is 0 Å². The first kappa shape index (κ1) is 16.3. The fourth-order valence-electron chi connectivity index (χ4n) is 2.15. The van der Waals surface area contributed by atoms with Gasteiger partial charge in [-0.3, -0.25) is 4.79 Å². The monoisotopic (exact) mass is 322 g/mol. The van der Waals surface area contributed by atoms with Crippen LogP contribution in [0.1, 0.15) is 31.7 Å². The van der Waals surface area contributed by atoms with E-state index in [1.54, 1.807) is 11.3 Å². The molecular weight excluding hydrogens is 300 g/mol. The Labute approximate surface area is 134 Å². The summed E-state index contributed by atoms with van der Waals surface area (Å²) < 4.78 is 3.39. The summed E-state index contributed by atoms with van der Waals surface area (Å²) in [5.41, 5.74) is 2.42. The predicted molar refractivity (Wildman–Crippen MR) is 93.0 cm³/mol. The lowest BCUT2D eigenvalue weighted by Gasteiger charge is -2.03.